The molecular formula is C17H21N3O4. The van der Waals surface area contributed by atoms with Crippen LogP contribution in [0.5, 0.6) is 0 Å². The van der Waals surface area contributed by atoms with Crippen LogP contribution in [0.1, 0.15) is 36.7 Å². The maximum absolute atomic E-state index is 12.7. The van der Waals surface area contributed by atoms with Gasteiger partial charge in [0.15, 0.2) is 5.69 Å². The van der Waals surface area contributed by atoms with E-state index in [9.17, 15) is 19.8 Å². The predicted molar refractivity (Wildman–Crippen MR) is 88.8 cm³/mol. The van der Waals surface area contributed by atoms with Gasteiger partial charge in [-0.2, -0.15) is 5.10 Å². The fourth-order valence-electron chi connectivity index (χ4n) is 3.17. The molecule has 0 aliphatic heterocycles. The van der Waals surface area contributed by atoms with Crippen molar-refractivity contribution in [1.82, 2.24) is 15.1 Å². The molecule has 1 aromatic heterocycles. The highest BCUT2D eigenvalue weighted by Gasteiger charge is 2.32. The highest BCUT2D eigenvalue weighted by molar-refractivity contribution is 6.04. The smallest absolute Gasteiger partial charge is 0.274 e. The second-order valence-electron chi connectivity index (χ2n) is 6.08. The van der Waals surface area contributed by atoms with Gasteiger partial charge >= 0.3 is 0 Å². The van der Waals surface area contributed by atoms with Crippen LogP contribution >= 0.6 is 0 Å². The van der Waals surface area contributed by atoms with Crippen LogP contribution in [0, 0.1) is 0 Å². The number of aliphatic hydroxyl groups is 2. The van der Waals surface area contributed by atoms with Crippen molar-refractivity contribution in [2.75, 3.05) is 0 Å². The molecule has 128 valence electrons. The molecule has 1 saturated carbocycles. The van der Waals surface area contributed by atoms with Crippen LogP contribution in [0.25, 0.3) is 10.8 Å². The molecule has 2 aromatic rings. The highest BCUT2D eigenvalue weighted by Crippen LogP contribution is 2.20. The summed E-state index contributed by atoms with van der Waals surface area (Å²) in [5.74, 6) is -0.452. The number of benzene rings is 1. The summed E-state index contributed by atoms with van der Waals surface area (Å²) in [6.45, 7) is 2.14. The van der Waals surface area contributed by atoms with E-state index in [2.05, 4.69) is 10.4 Å². The Labute approximate surface area is 138 Å². The molecule has 3 rings (SSSR count). The summed E-state index contributed by atoms with van der Waals surface area (Å²) >= 11 is 0. The molecule has 1 aliphatic carbocycles. The van der Waals surface area contributed by atoms with E-state index >= 15 is 0 Å². The van der Waals surface area contributed by atoms with Gasteiger partial charge in [-0.3, -0.25) is 9.59 Å². The number of carbonyl (C=O) groups is 1. The van der Waals surface area contributed by atoms with Gasteiger partial charge in [-0.15, -0.1) is 0 Å². The van der Waals surface area contributed by atoms with Crippen molar-refractivity contribution in [3.8, 4) is 0 Å². The number of hydrogen-bond donors (Lipinski definition) is 3. The zero-order chi connectivity index (χ0) is 17.3. The molecule has 1 amide bonds. The van der Waals surface area contributed by atoms with E-state index in [0.717, 1.165) is 6.42 Å². The standard InChI is InChI=1S/C17H21N3O4/c1-2-20-17(24)11-7-4-3-6-10(11)14(19-20)16(23)18-12-8-5-9-13(21)15(12)22/h3-4,6-7,12-13,15,21-22H,2,5,8-9H2,1H3,(H,18,23)/t12-,13-,15-/m1/s1. The van der Waals surface area contributed by atoms with Gasteiger partial charge in [0.2, 0.25) is 0 Å². The Morgan fingerprint density at radius 1 is 1.29 bits per heavy atom. The Hall–Kier alpha value is -2.25. The van der Waals surface area contributed by atoms with Crippen molar-refractivity contribution in [3.63, 3.8) is 0 Å². The van der Waals surface area contributed by atoms with E-state index in [1.54, 1.807) is 31.2 Å². The molecule has 1 aliphatic rings. The normalized spacial score (nSPS) is 24.0. The monoisotopic (exact) mass is 331 g/mol. The molecule has 0 unspecified atom stereocenters. The molecule has 0 bridgehead atoms. The average molecular weight is 331 g/mol. The largest absolute Gasteiger partial charge is 0.390 e. The van der Waals surface area contributed by atoms with Gasteiger partial charge in [-0.05, 0) is 32.3 Å². The third kappa shape index (κ3) is 2.92. The van der Waals surface area contributed by atoms with E-state index in [0.29, 0.717) is 30.2 Å². The molecule has 0 saturated heterocycles. The predicted octanol–water partition coefficient (Wildman–Crippen LogP) is 0.420. The summed E-state index contributed by atoms with van der Waals surface area (Å²) in [6, 6.07) is 6.32. The lowest BCUT2D eigenvalue weighted by Crippen LogP contribution is -2.51. The molecular weight excluding hydrogens is 310 g/mol. The molecule has 7 heteroatoms. The molecule has 1 fully saturated rings. The lowest BCUT2D eigenvalue weighted by molar-refractivity contribution is -0.0278. The van der Waals surface area contributed by atoms with Gasteiger partial charge in [-0.1, -0.05) is 18.2 Å². The summed E-state index contributed by atoms with van der Waals surface area (Å²) in [6.07, 6.45) is 0.0145. The minimum Gasteiger partial charge on any atom is -0.390 e. The van der Waals surface area contributed by atoms with Gasteiger partial charge in [0, 0.05) is 11.9 Å². The van der Waals surface area contributed by atoms with Crippen molar-refractivity contribution in [2.45, 2.75) is 51.0 Å². The quantitative estimate of drug-likeness (QED) is 0.756. The van der Waals surface area contributed by atoms with E-state index in [1.807, 2.05) is 0 Å². The number of aliphatic hydroxyl groups excluding tert-OH is 2. The SMILES string of the molecule is CCn1nc(C(=O)N[C@@H]2CCC[C@@H](O)[C@@H]2O)c2ccccc2c1=O. The molecule has 7 nitrogen and oxygen atoms in total. The summed E-state index contributed by atoms with van der Waals surface area (Å²) in [4.78, 5) is 25.0. The molecule has 1 heterocycles. The van der Waals surface area contributed by atoms with Crippen molar-refractivity contribution in [2.24, 2.45) is 0 Å². The summed E-state index contributed by atoms with van der Waals surface area (Å²) in [7, 11) is 0. The number of carbonyl (C=O) groups excluding carboxylic acids is 1. The first kappa shape index (κ1) is 16.6. The van der Waals surface area contributed by atoms with Gasteiger partial charge in [0.1, 0.15) is 0 Å². The van der Waals surface area contributed by atoms with E-state index in [4.69, 9.17) is 0 Å². The van der Waals surface area contributed by atoms with Crippen LogP contribution < -0.4 is 10.9 Å². The Kier molecular flexibility index (Phi) is 4.64. The number of amides is 1. The number of aryl methyl sites for hydroxylation is 1. The number of rotatable bonds is 3. The van der Waals surface area contributed by atoms with Crippen molar-refractivity contribution in [3.05, 3.63) is 40.3 Å². The molecule has 3 N–H and O–H groups in total. The molecule has 0 spiro atoms. The molecule has 24 heavy (non-hydrogen) atoms. The van der Waals surface area contributed by atoms with Crippen LogP contribution in [0.2, 0.25) is 0 Å². The van der Waals surface area contributed by atoms with Gasteiger partial charge in [0.05, 0.1) is 23.6 Å². The summed E-state index contributed by atoms with van der Waals surface area (Å²) in [5.41, 5.74) is -0.0860. The maximum atomic E-state index is 12.7. The number of aromatic nitrogens is 2. The molecule has 3 atom stereocenters. The van der Waals surface area contributed by atoms with Gasteiger partial charge in [0.25, 0.3) is 11.5 Å². The van der Waals surface area contributed by atoms with Crippen LogP contribution in [0.3, 0.4) is 0 Å². The number of nitrogens with zero attached hydrogens (tertiary/aromatic N) is 2. The number of fused-ring (bicyclic) bond motifs is 1. The van der Waals surface area contributed by atoms with Gasteiger partial charge in [-0.25, -0.2) is 4.68 Å². The van der Waals surface area contributed by atoms with Crippen LogP contribution in [0.15, 0.2) is 29.1 Å². The summed E-state index contributed by atoms with van der Waals surface area (Å²) in [5, 5.41) is 27.7. The summed E-state index contributed by atoms with van der Waals surface area (Å²) < 4.78 is 1.25. The van der Waals surface area contributed by atoms with Gasteiger partial charge < -0.3 is 15.5 Å². The number of nitrogens with one attached hydrogen (secondary N) is 1. The van der Waals surface area contributed by atoms with Crippen molar-refractivity contribution in [1.29, 1.82) is 0 Å². The lowest BCUT2D eigenvalue weighted by Gasteiger charge is -2.32. The molecule has 1 aromatic carbocycles. The van der Waals surface area contributed by atoms with E-state index < -0.39 is 24.2 Å². The first-order valence-corrected chi connectivity index (χ1v) is 8.19. The fraction of sp³-hybridized carbons (Fsp3) is 0.471. The Morgan fingerprint density at radius 2 is 2.00 bits per heavy atom. The first-order valence-electron chi connectivity index (χ1n) is 8.19. The fourth-order valence-corrected chi connectivity index (χ4v) is 3.17. The van der Waals surface area contributed by atoms with E-state index in [1.165, 1.54) is 4.68 Å². The van der Waals surface area contributed by atoms with Crippen molar-refractivity contribution >= 4 is 16.7 Å². The third-order valence-corrected chi connectivity index (χ3v) is 4.52. The Bertz CT molecular complexity index is 817. The minimum absolute atomic E-state index is 0.152. The van der Waals surface area contributed by atoms with E-state index in [-0.39, 0.29) is 11.3 Å². The van der Waals surface area contributed by atoms with Crippen molar-refractivity contribution < 1.29 is 15.0 Å². The zero-order valence-electron chi connectivity index (χ0n) is 13.5. The zero-order valence-corrected chi connectivity index (χ0v) is 13.5. The average Bonchev–Trinajstić information content (AvgIpc) is 2.59. The maximum Gasteiger partial charge on any atom is 0.274 e. The Morgan fingerprint density at radius 3 is 2.71 bits per heavy atom. The number of hydrogen-bond acceptors (Lipinski definition) is 5. The Balaban J connectivity index is 1.98. The van der Waals surface area contributed by atoms with Crippen LogP contribution in [-0.2, 0) is 6.54 Å². The van der Waals surface area contributed by atoms with Crippen LogP contribution in [0.4, 0.5) is 0 Å². The minimum atomic E-state index is -0.994. The first-order chi connectivity index (χ1) is 11.5. The molecule has 0 radical (unpaired) electrons. The topological polar surface area (TPSA) is 104 Å². The van der Waals surface area contributed by atoms with Crippen LogP contribution in [-0.4, -0.2) is 44.2 Å². The second kappa shape index (κ2) is 6.70. The highest BCUT2D eigenvalue weighted by atomic mass is 16.3. The third-order valence-electron chi connectivity index (χ3n) is 4.52. The lowest BCUT2D eigenvalue weighted by atomic mass is 9.90. The second-order valence-corrected chi connectivity index (χ2v) is 6.08.